The molecule has 6 heteroatoms. The summed E-state index contributed by atoms with van der Waals surface area (Å²) < 4.78 is 30.3. The van der Waals surface area contributed by atoms with Gasteiger partial charge in [-0.15, -0.1) is 0 Å². The topological polar surface area (TPSA) is 84.6 Å². The summed E-state index contributed by atoms with van der Waals surface area (Å²) in [6.07, 6.45) is 0.794. The maximum atomic E-state index is 12.6. The molecule has 1 N–H and O–H groups in total. The molecule has 0 aliphatic heterocycles. The molecule has 1 aromatic carbocycles. The third-order valence-corrected chi connectivity index (χ3v) is 5.25. The van der Waals surface area contributed by atoms with Gasteiger partial charge in [0.05, 0.1) is 12.7 Å². The molecule has 1 heterocycles. The molecule has 0 saturated carbocycles. The van der Waals surface area contributed by atoms with Gasteiger partial charge in [0.15, 0.2) is 9.84 Å². The number of sulfone groups is 1. The van der Waals surface area contributed by atoms with Crippen LogP contribution in [0.4, 0.5) is 0 Å². The first-order valence-corrected chi connectivity index (χ1v) is 7.52. The average molecular weight is 294 g/mol. The van der Waals surface area contributed by atoms with E-state index >= 15 is 0 Å². The number of hydrogen-bond donors (Lipinski definition) is 1. The van der Waals surface area contributed by atoms with Crippen LogP contribution in [-0.4, -0.2) is 19.5 Å². The van der Waals surface area contributed by atoms with Gasteiger partial charge in [-0.2, -0.15) is 0 Å². The molecular weight excluding hydrogens is 280 g/mol. The standard InChI is InChI=1S/C14H14O5S/c1-10-12(7-8-19-10)20(17,18)13(9-14(15)16)11-5-3-2-4-6-11/h2-8,13H,9H2,1H3,(H,15,16). The fourth-order valence-electron chi connectivity index (χ4n) is 2.05. The van der Waals surface area contributed by atoms with E-state index in [9.17, 15) is 13.2 Å². The minimum absolute atomic E-state index is 0.0348. The zero-order chi connectivity index (χ0) is 14.8. The summed E-state index contributed by atoms with van der Waals surface area (Å²) in [5.74, 6) is -0.903. The Balaban J connectivity index is 2.52. The molecule has 0 spiro atoms. The Kier molecular flexibility index (Phi) is 3.94. The maximum absolute atomic E-state index is 12.6. The third kappa shape index (κ3) is 2.75. The summed E-state index contributed by atoms with van der Waals surface area (Å²) in [5.41, 5.74) is 0.454. The number of carboxylic acid groups (broad SMARTS) is 1. The molecule has 0 saturated heterocycles. The van der Waals surface area contributed by atoms with Crippen LogP contribution < -0.4 is 0 Å². The van der Waals surface area contributed by atoms with E-state index in [1.165, 1.54) is 19.3 Å². The molecule has 1 unspecified atom stereocenters. The second-order valence-corrected chi connectivity index (χ2v) is 6.48. The van der Waals surface area contributed by atoms with Crippen molar-refractivity contribution in [3.05, 3.63) is 54.0 Å². The Hall–Kier alpha value is -2.08. The van der Waals surface area contributed by atoms with Gasteiger partial charge in [-0.1, -0.05) is 30.3 Å². The lowest BCUT2D eigenvalue weighted by molar-refractivity contribution is -0.137. The van der Waals surface area contributed by atoms with Crippen molar-refractivity contribution < 1.29 is 22.7 Å². The van der Waals surface area contributed by atoms with Gasteiger partial charge in [-0.05, 0) is 18.6 Å². The van der Waals surface area contributed by atoms with E-state index in [0.717, 1.165) is 0 Å². The first-order valence-electron chi connectivity index (χ1n) is 5.97. The van der Waals surface area contributed by atoms with E-state index in [-0.39, 0.29) is 10.7 Å². The molecule has 5 nitrogen and oxygen atoms in total. The number of aliphatic carboxylic acids is 1. The molecule has 106 valence electrons. The van der Waals surface area contributed by atoms with Gasteiger partial charge in [0, 0.05) is 0 Å². The van der Waals surface area contributed by atoms with E-state index in [1.54, 1.807) is 30.3 Å². The number of rotatable bonds is 5. The molecule has 2 rings (SSSR count). The number of hydrogen-bond acceptors (Lipinski definition) is 4. The molecule has 1 atom stereocenters. The Morgan fingerprint density at radius 1 is 1.25 bits per heavy atom. The third-order valence-electron chi connectivity index (χ3n) is 3.02. The van der Waals surface area contributed by atoms with E-state index < -0.39 is 27.5 Å². The number of furan rings is 1. The van der Waals surface area contributed by atoms with Crippen molar-refractivity contribution >= 4 is 15.8 Å². The Morgan fingerprint density at radius 3 is 2.40 bits per heavy atom. The number of carbonyl (C=O) groups is 1. The molecule has 20 heavy (non-hydrogen) atoms. The fraction of sp³-hybridized carbons (Fsp3) is 0.214. The van der Waals surface area contributed by atoms with Crippen molar-refractivity contribution in [3.8, 4) is 0 Å². The molecule has 0 amide bonds. The van der Waals surface area contributed by atoms with E-state index in [0.29, 0.717) is 5.56 Å². The number of benzene rings is 1. The highest BCUT2D eigenvalue weighted by Gasteiger charge is 2.33. The second kappa shape index (κ2) is 5.50. The summed E-state index contributed by atoms with van der Waals surface area (Å²) in [4.78, 5) is 11.0. The van der Waals surface area contributed by atoms with Gasteiger partial charge in [0.1, 0.15) is 15.9 Å². The lowest BCUT2D eigenvalue weighted by Crippen LogP contribution is -2.17. The molecule has 1 aromatic heterocycles. The summed E-state index contributed by atoms with van der Waals surface area (Å²) in [7, 11) is -3.81. The Labute approximate surface area is 116 Å². The minimum atomic E-state index is -3.81. The van der Waals surface area contributed by atoms with Gasteiger partial charge >= 0.3 is 5.97 Å². The molecular formula is C14H14O5S. The van der Waals surface area contributed by atoms with Gasteiger partial charge in [-0.3, -0.25) is 4.79 Å². The SMILES string of the molecule is Cc1occc1S(=O)(=O)C(CC(=O)O)c1ccccc1. The molecule has 0 aliphatic rings. The monoisotopic (exact) mass is 294 g/mol. The molecule has 0 bridgehead atoms. The quantitative estimate of drug-likeness (QED) is 0.916. The maximum Gasteiger partial charge on any atom is 0.305 e. The van der Waals surface area contributed by atoms with Gasteiger partial charge in [0.2, 0.25) is 0 Å². The number of carboxylic acids is 1. The van der Waals surface area contributed by atoms with Crippen LogP contribution in [0.5, 0.6) is 0 Å². The predicted octanol–water partition coefficient (Wildman–Crippen LogP) is 2.58. The fourth-order valence-corrected chi connectivity index (χ4v) is 3.93. The van der Waals surface area contributed by atoms with E-state index in [1.807, 2.05) is 0 Å². The van der Waals surface area contributed by atoms with Crippen LogP contribution in [0.1, 0.15) is 23.0 Å². The lowest BCUT2D eigenvalue weighted by atomic mass is 10.1. The van der Waals surface area contributed by atoms with Gasteiger partial charge in [-0.25, -0.2) is 8.42 Å². The van der Waals surface area contributed by atoms with Crippen LogP contribution in [0.15, 0.2) is 52.0 Å². The van der Waals surface area contributed by atoms with Crippen LogP contribution in [0.25, 0.3) is 0 Å². The van der Waals surface area contributed by atoms with Crippen molar-refractivity contribution in [3.63, 3.8) is 0 Å². The smallest absolute Gasteiger partial charge is 0.305 e. The molecule has 0 radical (unpaired) electrons. The minimum Gasteiger partial charge on any atom is -0.481 e. The zero-order valence-electron chi connectivity index (χ0n) is 10.8. The highest BCUT2D eigenvalue weighted by Crippen LogP contribution is 2.33. The van der Waals surface area contributed by atoms with Crippen molar-refractivity contribution in [1.29, 1.82) is 0 Å². The summed E-state index contributed by atoms with van der Waals surface area (Å²) in [6, 6.07) is 9.69. The second-order valence-electron chi connectivity index (χ2n) is 4.38. The largest absolute Gasteiger partial charge is 0.481 e. The highest BCUT2D eigenvalue weighted by atomic mass is 32.2. The van der Waals surface area contributed by atoms with Crippen LogP contribution in [-0.2, 0) is 14.6 Å². The van der Waals surface area contributed by atoms with E-state index in [2.05, 4.69) is 0 Å². The van der Waals surface area contributed by atoms with Gasteiger partial charge < -0.3 is 9.52 Å². The Morgan fingerprint density at radius 2 is 1.90 bits per heavy atom. The average Bonchev–Trinajstić information content (AvgIpc) is 2.83. The first-order chi connectivity index (χ1) is 9.43. The molecule has 2 aromatic rings. The summed E-state index contributed by atoms with van der Waals surface area (Å²) in [5, 5.41) is 7.86. The van der Waals surface area contributed by atoms with Crippen LogP contribution >= 0.6 is 0 Å². The summed E-state index contributed by atoms with van der Waals surface area (Å²) >= 11 is 0. The summed E-state index contributed by atoms with van der Waals surface area (Å²) in [6.45, 7) is 1.54. The van der Waals surface area contributed by atoms with Crippen molar-refractivity contribution in [2.75, 3.05) is 0 Å². The zero-order valence-corrected chi connectivity index (χ0v) is 11.6. The Bertz CT molecular complexity index is 700. The first kappa shape index (κ1) is 14.3. The van der Waals surface area contributed by atoms with Gasteiger partial charge in [0.25, 0.3) is 0 Å². The lowest BCUT2D eigenvalue weighted by Gasteiger charge is -2.15. The number of aryl methyl sites for hydroxylation is 1. The van der Waals surface area contributed by atoms with E-state index in [4.69, 9.17) is 9.52 Å². The van der Waals surface area contributed by atoms with Crippen LogP contribution in [0.2, 0.25) is 0 Å². The van der Waals surface area contributed by atoms with Crippen molar-refractivity contribution in [2.24, 2.45) is 0 Å². The molecule has 0 aliphatic carbocycles. The normalized spacial score (nSPS) is 13.1. The highest BCUT2D eigenvalue weighted by molar-refractivity contribution is 7.91. The van der Waals surface area contributed by atoms with Crippen LogP contribution in [0.3, 0.4) is 0 Å². The molecule has 0 fully saturated rings. The van der Waals surface area contributed by atoms with Crippen molar-refractivity contribution in [1.82, 2.24) is 0 Å². The predicted molar refractivity (Wildman–Crippen MR) is 72.1 cm³/mol. The van der Waals surface area contributed by atoms with Crippen molar-refractivity contribution in [2.45, 2.75) is 23.5 Å². The van der Waals surface area contributed by atoms with Crippen LogP contribution in [0, 0.1) is 6.92 Å².